The van der Waals surface area contributed by atoms with Gasteiger partial charge < -0.3 is 9.94 Å². The number of hydrogen-bond acceptors (Lipinski definition) is 2. The van der Waals surface area contributed by atoms with E-state index in [9.17, 15) is 14.5 Å². The van der Waals surface area contributed by atoms with E-state index in [0.717, 1.165) is 22.0 Å². The molecule has 0 aliphatic heterocycles. The van der Waals surface area contributed by atoms with Crippen LogP contribution in [0.1, 0.15) is 29.9 Å². The van der Waals surface area contributed by atoms with Gasteiger partial charge in [0.2, 0.25) is 0 Å². The fourth-order valence-corrected chi connectivity index (χ4v) is 2.83. The van der Waals surface area contributed by atoms with Gasteiger partial charge in [0.25, 0.3) is 11.4 Å². The summed E-state index contributed by atoms with van der Waals surface area (Å²) in [5.41, 5.74) is 2.38. The van der Waals surface area contributed by atoms with Crippen LogP contribution in [0.25, 0.3) is 11.3 Å². The third-order valence-electron chi connectivity index (χ3n) is 3.87. The molecule has 1 aliphatic carbocycles. The highest BCUT2D eigenvalue weighted by atomic mass is 19.1. The lowest BCUT2D eigenvalue weighted by molar-refractivity contribution is -0.495. The molecule has 0 radical (unpaired) electrons. The molecule has 1 aromatic heterocycles. The largest absolute Gasteiger partial charge is 0.805 e. The summed E-state index contributed by atoms with van der Waals surface area (Å²) in [4.78, 5) is 12.5. The molecular formula is C15H15FN2O2. The fraction of sp³-hybridized carbons (Fsp3) is 0.333. The second-order valence-corrected chi connectivity index (χ2v) is 5.13. The zero-order valence-corrected chi connectivity index (χ0v) is 11.2. The molecule has 0 amide bonds. The molecule has 0 atom stereocenters. The Balaban J connectivity index is 2.28. The lowest BCUT2D eigenvalue weighted by Crippen LogP contribution is -2.33. The molecule has 1 aliphatic rings. The first-order valence-corrected chi connectivity index (χ1v) is 6.73. The standard InChI is InChI=1S/C15H15FN2O2/c1-10-15(11-6-8-12(16)9-7-11)18(20)14-5-3-2-4-13(14)17(10)19/h6-9H,2-5H2,1H3. The lowest BCUT2D eigenvalue weighted by Gasteiger charge is -2.23. The number of fused-ring (bicyclic) bond motifs is 1. The highest BCUT2D eigenvalue weighted by molar-refractivity contribution is 5.59. The van der Waals surface area contributed by atoms with E-state index in [0.29, 0.717) is 41.2 Å². The van der Waals surface area contributed by atoms with Gasteiger partial charge in [-0.1, -0.05) is 0 Å². The third-order valence-corrected chi connectivity index (χ3v) is 3.87. The summed E-state index contributed by atoms with van der Waals surface area (Å²) >= 11 is 0. The monoisotopic (exact) mass is 274 g/mol. The minimum absolute atomic E-state index is 0.320. The van der Waals surface area contributed by atoms with Crippen molar-refractivity contribution in [1.82, 2.24) is 4.73 Å². The normalized spacial score (nSPS) is 14.1. The predicted molar refractivity (Wildman–Crippen MR) is 73.3 cm³/mol. The van der Waals surface area contributed by atoms with Gasteiger partial charge in [-0.2, -0.15) is 0 Å². The average Bonchev–Trinajstić information content (AvgIpc) is 2.47. The number of aromatic nitrogens is 2. The lowest BCUT2D eigenvalue weighted by atomic mass is 9.99. The number of rotatable bonds is 1. The van der Waals surface area contributed by atoms with Crippen molar-refractivity contribution < 1.29 is 8.82 Å². The van der Waals surface area contributed by atoms with E-state index < -0.39 is 0 Å². The summed E-state index contributed by atoms with van der Waals surface area (Å²) in [7, 11) is 0. The van der Waals surface area contributed by atoms with Crippen molar-refractivity contribution in [1.29, 1.82) is 0 Å². The molecule has 0 spiro atoms. The van der Waals surface area contributed by atoms with Gasteiger partial charge in [0.15, 0.2) is 0 Å². The molecule has 20 heavy (non-hydrogen) atoms. The van der Waals surface area contributed by atoms with Crippen LogP contribution in [-0.4, -0.2) is 4.73 Å². The van der Waals surface area contributed by atoms with Crippen molar-refractivity contribution in [3.05, 3.63) is 57.3 Å². The fourth-order valence-electron chi connectivity index (χ4n) is 2.83. The molecule has 2 aromatic rings. The van der Waals surface area contributed by atoms with E-state index >= 15 is 0 Å². The molecular weight excluding hydrogens is 259 g/mol. The quantitative estimate of drug-likeness (QED) is 0.751. The van der Waals surface area contributed by atoms with E-state index in [1.54, 1.807) is 6.92 Å². The second kappa shape index (κ2) is 4.74. The van der Waals surface area contributed by atoms with Gasteiger partial charge in [-0.25, -0.2) is 4.39 Å². The zero-order chi connectivity index (χ0) is 14.3. The minimum Gasteiger partial charge on any atom is -0.805 e. The zero-order valence-electron chi connectivity index (χ0n) is 11.2. The highest BCUT2D eigenvalue weighted by Gasteiger charge is 2.28. The summed E-state index contributed by atoms with van der Waals surface area (Å²) in [5.74, 6) is -0.364. The number of hydrogen-bond donors (Lipinski definition) is 0. The van der Waals surface area contributed by atoms with Crippen LogP contribution in [0, 0.1) is 22.9 Å². The van der Waals surface area contributed by atoms with Crippen LogP contribution >= 0.6 is 0 Å². The molecule has 4 nitrogen and oxygen atoms in total. The molecule has 0 unspecified atom stereocenters. The Kier molecular flexibility index (Phi) is 3.04. The predicted octanol–water partition coefficient (Wildman–Crippen LogP) is 2.74. The van der Waals surface area contributed by atoms with Gasteiger partial charge in [-0.05, 0) is 50.5 Å². The van der Waals surface area contributed by atoms with Gasteiger partial charge in [-0.3, -0.25) is 0 Å². The number of benzene rings is 1. The van der Waals surface area contributed by atoms with Crippen LogP contribution < -0.4 is 4.43 Å². The maximum Gasteiger partial charge on any atom is 0.289 e. The van der Waals surface area contributed by atoms with Crippen LogP contribution in [0.2, 0.25) is 0 Å². The van der Waals surface area contributed by atoms with Gasteiger partial charge in [-0.15, -0.1) is 0 Å². The molecule has 5 heteroatoms. The first-order chi connectivity index (χ1) is 9.59. The Bertz CT molecular complexity index is 720. The SMILES string of the molecule is Cc1c(-c2ccc(F)cc2)[n+](=O)c2c(n1[O-])CCCC2. The van der Waals surface area contributed by atoms with Crippen LogP contribution in [0.3, 0.4) is 0 Å². The van der Waals surface area contributed by atoms with E-state index in [-0.39, 0.29) is 5.82 Å². The van der Waals surface area contributed by atoms with Crippen molar-refractivity contribution in [3.63, 3.8) is 0 Å². The van der Waals surface area contributed by atoms with Crippen LogP contribution in [0.15, 0.2) is 24.3 Å². The first kappa shape index (κ1) is 12.8. The molecule has 1 aromatic carbocycles. The van der Waals surface area contributed by atoms with Crippen LogP contribution in [-0.2, 0) is 12.8 Å². The Hall–Kier alpha value is -2.17. The summed E-state index contributed by atoms with van der Waals surface area (Å²) in [6.45, 7) is 1.63. The minimum atomic E-state index is -0.364. The highest BCUT2D eigenvalue weighted by Crippen LogP contribution is 2.25. The van der Waals surface area contributed by atoms with Crippen molar-refractivity contribution in [2.24, 2.45) is 0 Å². The van der Waals surface area contributed by atoms with E-state index in [4.69, 9.17) is 0 Å². The molecule has 0 saturated heterocycles. The molecule has 0 fully saturated rings. The molecule has 104 valence electrons. The van der Waals surface area contributed by atoms with Gasteiger partial charge >= 0.3 is 0 Å². The maximum absolute atomic E-state index is 13.0. The van der Waals surface area contributed by atoms with Gasteiger partial charge in [0.05, 0.1) is 21.4 Å². The van der Waals surface area contributed by atoms with Crippen LogP contribution in [0.5, 0.6) is 0 Å². The summed E-state index contributed by atoms with van der Waals surface area (Å²) in [5, 5.41) is 12.3. The van der Waals surface area contributed by atoms with E-state index in [2.05, 4.69) is 0 Å². The van der Waals surface area contributed by atoms with Crippen molar-refractivity contribution in [3.8, 4) is 11.3 Å². The Morgan fingerprint density at radius 3 is 2.55 bits per heavy atom. The molecule has 0 bridgehead atoms. The first-order valence-electron chi connectivity index (χ1n) is 6.73. The molecule has 1 heterocycles. The Labute approximate surface area is 115 Å². The van der Waals surface area contributed by atoms with Crippen molar-refractivity contribution >= 4 is 0 Å². The Morgan fingerprint density at radius 1 is 1.20 bits per heavy atom. The second-order valence-electron chi connectivity index (χ2n) is 5.13. The number of halogens is 1. The average molecular weight is 274 g/mol. The van der Waals surface area contributed by atoms with E-state index in [1.165, 1.54) is 24.3 Å². The van der Waals surface area contributed by atoms with Crippen molar-refractivity contribution in [2.45, 2.75) is 32.6 Å². The number of nitrogens with zero attached hydrogens (tertiary/aromatic N) is 2. The Morgan fingerprint density at radius 2 is 1.85 bits per heavy atom. The summed E-state index contributed by atoms with van der Waals surface area (Å²) in [6, 6.07) is 5.65. The summed E-state index contributed by atoms with van der Waals surface area (Å²) < 4.78 is 14.7. The van der Waals surface area contributed by atoms with Gasteiger partial charge in [0.1, 0.15) is 5.82 Å². The van der Waals surface area contributed by atoms with Gasteiger partial charge in [0, 0.05) is 11.3 Å². The molecule has 3 rings (SSSR count). The topological polar surface area (TPSA) is 51.0 Å². The van der Waals surface area contributed by atoms with E-state index in [1.807, 2.05) is 0 Å². The molecule has 0 saturated carbocycles. The maximum atomic E-state index is 13.0. The summed E-state index contributed by atoms with van der Waals surface area (Å²) in [6.07, 6.45) is 3.12. The van der Waals surface area contributed by atoms with Crippen molar-refractivity contribution in [2.75, 3.05) is 0 Å². The smallest absolute Gasteiger partial charge is 0.289 e. The van der Waals surface area contributed by atoms with Crippen LogP contribution in [0.4, 0.5) is 4.39 Å². The molecule has 0 N–H and O–H groups in total. The third kappa shape index (κ3) is 1.90.